The summed E-state index contributed by atoms with van der Waals surface area (Å²) in [7, 11) is 0. The number of anilines is 1. The number of hydrogen-bond acceptors (Lipinski definition) is 1. The van der Waals surface area contributed by atoms with E-state index in [1.165, 1.54) is 12.1 Å². The van der Waals surface area contributed by atoms with E-state index in [4.69, 9.17) is 0 Å². The van der Waals surface area contributed by atoms with Gasteiger partial charge in [0.25, 0.3) is 5.91 Å². The summed E-state index contributed by atoms with van der Waals surface area (Å²) >= 11 is 0. The highest BCUT2D eigenvalue weighted by atomic mass is 19.4. The fraction of sp³-hybridized carbons (Fsp3) is 0.0455. The highest BCUT2D eigenvalue weighted by molar-refractivity contribution is 6.04. The van der Waals surface area contributed by atoms with Crippen LogP contribution < -0.4 is 5.32 Å². The van der Waals surface area contributed by atoms with Crippen LogP contribution in [0.3, 0.4) is 0 Å². The molecule has 1 amide bonds. The predicted molar refractivity (Wildman–Crippen MR) is 98.3 cm³/mol. The van der Waals surface area contributed by atoms with Gasteiger partial charge in [-0.1, -0.05) is 36.1 Å². The molecule has 3 aromatic carbocycles. The number of amides is 1. The molecule has 3 aromatic rings. The minimum absolute atomic E-state index is 0.0859. The van der Waals surface area contributed by atoms with Gasteiger partial charge in [0, 0.05) is 22.4 Å². The Morgan fingerprint density at radius 2 is 1.41 bits per heavy atom. The van der Waals surface area contributed by atoms with Crippen molar-refractivity contribution in [2.45, 2.75) is 6.18 Å². The molecule has 0 saturated heterocycles. The number of rotatable bonds is 2. The first kappa shape index (κ1) is 18.3. The lowest BCUT2D eigenvalue weighted by molar-refractivity contribution is -0.137. The van der Waals surface area contributed by atoms with E-state index < -0.39 is 17.6 Å². The molecule has 0 bridgehead atoms. The number of hydrogen-bond donors (Lipinski definition) is 1. The second-order valence-corrected chi connectivity index (χ2v) is 5.73. The van der Waals surface area contributed by atoms with E-state index in [0.717, 1.165) is 23.3 Å². The zero-order valence-electron chi connectivity index (χ0n) is 14.0. The van der Waals surface area contributed by atoms with Gasteiger partial charge in [0.05, 0.1) is 5.56 Å². The van der Waals surface area contributed by atoms with Crippen molar-refractivity contribution >= 4 is 11.6 Å². The van der Waals surface area contributed by atoms with Crippen LogP contribution in [0.25, 0.3) is 0 Å². The van der Waals surface area contributed by atoms with Crippen molar-refractivity contribution in [3.05, 3.63) is 101 Å². The average Bonchev–Trinajstić information content (AvgIpc) is 2.67. The topological polar surface area (TPSA) is 29.1 Å². The summed E-state index contributed by atoms with van der Waals surface area (Å²) in [5, 5.41) is 2.47. The van der Waals surface area contributed by atoms with Gasteiger partial charge in [-0.25, -0.2) is 0 Å². The summed E-state index contributed by atoms with van der Waals surface area (Å²) in [5.74, 6) is 5.52. The lowest BCUT2D eigenvalue weighted by atomic mass is 10.1. The maximum absolute atomic E-state index is 12.7. The van der Waals surface area contributed by atoms with Crippen LogP contribution in [0.5, 0.6) is 0 Å². The van der Waals surface area contributed by atoms with Gasteiger partial charge >= 0.3 is 6.18 Å². The molecular weight excluding hydrogens is 351 g/mol. The van der Waals surface area contributed by atoms with Crippen molar-refractivity contribution in [3.8, 4) is 11.8 Å². The van der Waals surface area contributed by atoms with Gasteiger partial charge in [0.1, 0.15) is 0 Å². The van der Waals surface area contributed by atoms with Gasteiger partial charge in [0.15, 0.2) is 0 Å². The third-order valence-electron chi connectivity index (χ3n) is 3.72. The van der Waals surface area contributed by atoms with Crippen LogP contribution in [-0.4, -0.2) is 5.91 Å². The number of carbonyl (C=O) groups excluding carboxylic acids is 1. The van der Waals surface area contributed by atoms with Gasteiger partial charge in [-0.15, -0.1) is 0 Å². The fourth-order valence-corrected chi connectivity index (χ4v) is 2.35. The molecular formula is C22H14F3NO. The minimum Gasteiger partial charge on any atom is -0.322 e. The summed E-state index contributed by atoms with van der Waals surface area (Å²) in [6.45, 7) is 0. The van der Waals surface area contributed by atoms with Gasteiger partial charge < -0.3 is 5.32 Å². The third-order valence-corrected chi connectivity index (χ3v) is 3.72. The van der Waals surface area contributed by atoms with Crippen molar-refractivity contribution in [1.82, 2.24) is 0 Å². The molecule has 0 heterocycles. The Kier molecular flexibility index (Phi) is 5.28. The average molecular weight is 365 g/mol. The Hall–Kier alpha value is -3.52. The highest BCUT2D eigenvalue weighted by Crippen LogP contribution is 2.30. The van der Waals surface area contributed by atoms with Gasteiger partial charge in [-0.3, -0.25) is 4.79 Å². The smallest absolute Gasteiger partial charge is 0.322 e. The van der Waals surface area contributed by atoms with Gasteiger partial charge in [-0.2, -0.15) is 13.2 Å². The maximum atomic E-state index is 12.7. The van der Waals surface area contributed by atoms with E-state index in [0.29, 0.717) is 5.56 Å². The molecule has 0 unspecified atom stereocenters. The molecule has 0 aliphatic carbocycles. The molecule has 2 nitrogen and oxygen atoms in total. The maximum Gasteiger partial charge on any atom is 0.416 e. The molecule has 0 atom stereocenters. The number of alkyl halides is 3. The van der Waals surface area contributed by atoms with Crippen molar-refractivity contribution in [2.24, 2.45) is 0 Å². The normalized spacial score (nSPS) is 10.6. The Bertz CT molecular complexity index is 997. The van der Waals surface area contributed by atoms with Crippen molar-refractivity contribution in [2.75, 3.05) is 5.32 Å². The molecule has 0 aliphatic heterocycles. The number of nitrogens with one attached hydrogen (secondary N) is 1. The van der Waals surface area contributed by atoms with Crippen molar-refractivity contribution < 1.29 is 18.0 Å². The largest absolute Gasteiger partial charge is 0.416 e. The molecule has 0 fully saturated rings. The van der Waals surface area contributed by atoms with Crippen molar-refractivity contribution in [1.29, 1.82) is 0 Å². The van der Waals surface area contributed by atoms with E-state index in [2.05, 4.69) is 17.2 Å². The summed E-state index contributed by atoms with van der Waals surface area (Å²) in [5.41, 5.74) is 1.21. The third kappa shape index (κ3) is 4.99. The molecule has 3 rings (SSSR count). The van der Waals surface area contributed by atoms with Crippen LogP contribution in [-0.2, 0) is 6.18 Å². The van der Waals surface area contributed by atoms with Crippen LogP contribution in [0, 0.1) is 11.8 Å². The highest BCUT2D eigenvalue weighted by Gasteiger charge is 2.30. The van der Waals surface area contributed by atoms with E-state index >= 15 is 0 Å². The standard InChI is InChI=1S/C22H14F3NO/c23-22(24,25)19-7-4-8-20(15-19)26-21(27)18-13-11-17(12-14-18)10-9-16-5-2-1-3-6-16/h1-8,11-15H,(H,26,27). The Morgan fingerprint density at radius 1 is 0.778 bits per heavy atom. The molecule has 0 radical (unpaired) electrons. The van der Waals surface area contributed by atoms with Crippen LogP contribution in [0.1, 0.15) is 27.0 Å². The molecule has 0 spiro atoms. The molecule has 0 saturated carbocycles. The molecule has 0 aliphatic rings. The zero-order chi connectivity index (χ0) is 19.3. The minimum atomic E-state index is -4.46. The summed E-state index contributed by atoms with van der Waals surface area (Å²) < 4.78 is 38.2. The van der Waals surface area contributed by atoms with Crippen LogP contribution in [0.15, 0.2) is 78.9 Å². The number of carbonyl (C=O) groups is 1. The SMILES string of the molecule is O=C(Nc1cccc(C(F)(F)F)c1)c1ccc(C#Cc2ccccc2)cc1. The molecule has 5 heteroatoms. The first-order chi connectivity index (χ1) is 12.9. The molecule has 134 valence electrons. The van der Waals surface area contributed by atoms with E-state index in [1.54, 1.807) is 24.3 Å². The summed E-state index contributed by atoms with van der Waals surface area (Å²) in [6.07, 6.45) is -4.46. The monoisotopic (exact) mass is 365 g/mol. The molecule has 27 heavy (non-hydrogen) atoms. The zero-order valence-corrected chi connectivity index (χ0v) is 14.0. The Labute approximate surface area is 154 Å². The van der Waals surface area contributed by atoms with Crippen LogP contribution in [0.2, 0.25) is 0 Å². The summed E-state index contributed by atoms with van der Waals surface area (Å²) in [4.78, 5) is 12.2. The quantitative estimate of drug-likeness (QED) is 0.609. The number of halogens is 3. The lowest BCUT2D eigenvalue weighted by Gasteiger charge is -2.10. The first-order valence-electron chi connectivity index (χ1n) is 8.07. The van der Waals surface area contributed by atoms with Crippen LogP contribution >= 0.6 is 0 Å². The second kappa shape index (κ2) is 7.79. The molecule has 1 N–H and O–H groups in total. The lowest BCUT2D eigenvalue weighted by Crippen LogP contribution is -2.13. The van der Waals surface area contributed by atoms with Crippen LogP contribution in [0.4, 0.5) is 18.9 Å². The summed E-state index contributed by atoms with van der Waals surface area (Å²) in [6, 6.07) is 20.5. The van der Waals surface area contributed by atoms with E-state index in [1.807, 2.05) is 30.3 Å². The second-order valence-electron chi connectivity index (χ2n) is 5.73. The number of benzene rings is 3. The Morgan fingerprint density at radius 3 is 2.04 bits per heavy atom. The van der Waals surface area contributed by atoms with E-state index in [9.17, 15) is 18.0 Å². The first-order valence-corrected chi connectivity index (χ1v) is 8.07. The van der Waals surface area contributed by atoms with Gasteiger partial charge in [0.2, 0.25) is 0 Å². The van der Waals surface area contributed by atoms with Crippen molar-refractivity contribution in [3.63, 3.8) is 0 Å². The predicted octanol–water partition coefficient (Wildman–Crippen LogP) is 5.36. The molecule has 0 aromatic heterocycles. The Balaban J connectivity index is 1.70. The van der Waals surface area contributed by atoms with Gasteiger partial charge in [-0.05, 0) is 54.6 Å². The van der Waals surface area contributed by atoms with E-state index in [-0.39, 0.29) is 5.69 Å². The fourth-order valence-electron chi connectivity index (χ4n) is 2.35.